The molecule has 2 heterocycles. The highest BCUT2D eigenvalue weighted by Gasteiger charge is 2.34. The molecule has 0 aliphatic carbocycles. The Labute approximate surface area is 130 Å². The monoisotopic (exact) mass is 307 g/mol. The van der Waals surface area contributed by atoms with Gasteiger partial charge in [-0.05, 0) is 49.9 Å². The van der Waals surface area contributed by atoms with Gasteiger partial charge in [-0.15, -0.1) is 0 Å². The summed E-state index contributed by atoms with van der Waals surface area (Å²) in [6, 6.07) is 6.19. The topological polar surface area (TPSA) is 44.4 Å². The van der Waals surface area contributed by atoms with Crippen LogP contribution in [0.15, 0.2) is 18.2 Å². The van der Waals surface area contributed by atoms with Gasteiger partial charge in [0, 0.05) is 29.8 Å². The van der Waals surface area contributed by atoms with Crippen LogP contribution in [0.5, 0.6) is 0 Å². The second-order valence-electron chi connectivity index (χ2n) is 6.17. The third-order valence-corrected chi connectivity index (χ3v) is 4.90. The zero-order chi connectivity index (χ0) is 14.8. The van der Waals surface area contributed by atoms with Crippen molar-refractivity contribution >= 4 is 23.2 Å². The second-order valence-corrected chi connectivity index (χ2v) is 6.58. The third-order valence-electron chi connectivity index (χ3n) is 4.50. The predicted octanol–water partition coefficient (Wildman–Crippen LogP) is 2.27. The van der Waals surface area contributed by atoms with E-state index >= 15 is 0 Å². The SMILES string of the molecule is Cc1ccc(NC(=O)CN2CC3CCCNC3C2)cc1Cl. The quantitative estimate of drug-likeness (QED) is 0.900. The van der Waals surface area contributed by atoms with Gasteiger partial charge in [0.1, 0.15) is 0 Å². The molecule has 0 radical (unpaired) electrons. The molecule has 0 aromatic heterocycles. The number of hydrogen-bond acceptors (Lipinski definition) is 3. The van der Waals surface area contributed by atoms with Crippen molar-refractivity contribution in [1.29, 1.82) is 0 Å². The summed E-state index contributed by atoms with van der Waals surface area (Å²) in [4.78, 5) is 14.4. The Bertz CT molecular complexity index is 520. The lowest BCUT2D eigenvalue weighted by molar-refractivity contribution is -0.117. The summed E-state index contributed by atoms with van der Waals surface area (Å²) in [6.07, 6.45) is 2.53. The lowest BCUT2D eigenvalue weighted by atomic mass is 9.94. The lowest BCUT2D eigenvalue weighted by Crippen LogP contribution is -2.41. The molecule has 2 unspecified atom stereocenters. The average molecular weight is 308 g/mol. The predicted molar refractivity (Wildman–Crippen MR) is 85.8 cm³/mol. The first-order valence-electron chi connectivity index (χ1n) is 7.63. The molecule has 3 rings (SSSR count). The number of piperidine rings is 1. The van der Waals surface area contributed by atoms with Crippen LogP contribution in [0, 0.1) is 12.8 Å². The fourth-order valence-electron chi connectivity index (χ4n) is 3.34. The molecule has 0 saturated carbocycles. The Morgan fingerprint density at radius 1 is 1.48 bits per heavy atom. The minimum absolute atomic E-state index is 0.0357. The van der Waals surface area contributed by atoms with E-state index in [0.29, 0.717) is 23.5 Å². The first-order chi connectivity index (χ1) is 10.1. The van der Waals surface area contributed by atoms with Crippen LogP contribution in [0.2, 0.25) is 5.02 Å². The van der Waals surface area contributed by atoms with Gasteiger partial charge in [-0.2, -0.15) is 0 Å². The van der Waals surface area contributed by atoms with Crippen molar-refractivity contribution in [2.75, 3.05) is 31.5 Å². The highest BCUT2D eigenvalue weighted by Crippen LogP contribution is 2.25. The Kier molecular flexibility index (Phi) is 4.48. The molecular formula is C16H22ClN3O. The zero-order valence-electron chi connectivity index (χ0n) is 12.4. The molecule has 0 bridgehead atoms. The third kappa shape index (κ3) is 3.57. The molecule has 0 spiro atoms. The number of nitrogens with zero attached hydrogens (tertiary/aromatic N) is 1. The first-order valence-corrected chi connectivity index (χ1v) is 8.01. The van der Waals surface area contributed by atoms with Crippen LogP contribution in [0.4, 0.5) is 5.69 Å². The molecule has 1 aromatic carbocycles. The fourth-order valence-corrected chi connectivity index (χ4v) is 3.52. The van der Waals surface area contributed by atoms with Crippen LogP contribution in [-0.4, -0.2) is 43.0 Å². The molecule has 2 atom stereocenters. The maximum Gasteiger partial charge on any atom is 0.238 e. The number of likely N-dealkylation sites (tertiary alicyclic amines) is 1. The molecule has 21 heavy (non-hydrogen) atoms. The van der Waals surface area contributed by atoms with Gasteiger partial charge in [0.15, 0.2) is 0 Å². The standard InChI is InChI=1S/C16H22ClN3O/c1-11-4-5-13(7-14(11)17)19-16(21)10-20-8-12-3-2-6-18-15(12)9-20/h4-5,7,12,15,18H,2-3,6,8-10H2,1H3,(H,19,21). The fraction of sp³-hybridized carbons (Fsp3) is 0.562. The van der Waals surface area contributed by atoms with Crippen molar-refractivity contribution in [2.45, 2.75) is 25.8 Å². The molecule has 5 heteroatoms. The lowest BCUT2D eigenvalue weighted by Gasteiger charge is -2.24. The van der Waals surface area contributed by atoms with Gasteiger partial charge >= 0.3 is 0 Å². The number of fused-ring (bicyclic) bond motifs is 1. The van der Waals surface area contributed by atoms with E-state index in [1.54, 1.807) is 6.07 Å². The van der Waals surface area contributed by atoms with Crippen molar-refractivity contribution in [1.82, 2.24) is 10.2 Å². The number of carbonyl (C=O) groups is 1. The summed E-state index contributed by atoms with van der Waals surface area (Å²) in [7, 11) is 0. The molecule has 2 N–H and O–H groups in total. The van der Waals surface area contributed by atoms with Crippen LogP contribution >= 0.6 is 11.6 Å². The van der Waals surface area contributed by atoms with Gasteiger partial charge in [-0.25, -0.2) is 0 Å². The molecule has 2 fully saturated rings. The Morgan fingerprint density at radius 3 is 3.10 bits per heavy atom. The maximum absolute atomic E-state index is 12.2. The van der Waals surface area contributed by atoms with E-state index < -0.39 is 0 Å². The summed E-state index contributed by atoms with van der Waals surface area (Å²) in [5, 5.41) is 7.17. The molecule has 4 nitrogen and oxygen atoms in total. The minimum Gasteiger partial charge on any atom is -0.325 e. The van der Waals surface area contributed by atoms with Crippen LogP contribution in [0.3, 0.4) is 0 Å². The van der Waals surface area contributed by atoms with Gasteiger partial charge < -0.3 is 10.6 Å². The smallest absolute Gasteiger partial charge is 0.238 e. The van der Waals surface area contributed by atoms with Gasteiger partial charge in [0.05, 0.1) is 6.54 Å². The zero-order valence-corrected chi connectivity index (χ0v) is 13.1. The van der Waals surface area contributed by atoms with E-state index in [0.717, 1.165) is 30.9 Å². The summed E-state index contributed by atoms with van der Waals surface area (Å²) >= 11 is 6.08. The molecule has 114 valence electrons. The molecule has 2 saturated heterocycles. The summed E-state index contributed by atoms with van der Waals surface area (Å²) in [6.45, 7) is 5.53. The normalized spacial score (nSPS) is 25.6. The van der Waals surface area contributed by atoms with Crippen molar-refractivity contribution < 1.29 is 4.79 Å². The van der Waals surface area contributed by atoms with Gasteiger partial charge in [0.25, 0.3) is 0 Å². The Hall–Kier alpha value is -1.10. The number of benzene rings is 1. The number of anilines is 1. The highest BCUT2D eigenvalue weighted by molar-refractivity contribution is 6.31. The van der Waals surface area contributed by atoms with E-state index in [-0.39, 0.29) is 5.91 Å². The number of aryl methyl sites for hydroxylation is 1. The summed E-state index contributed by atoms with van der Waals surface area (Å²) in [5.74, 6) is 0.744. The van der Waals surface area contributed by atoms with Gasteiger partial charge in [-0.1, -0.05) is 17.7 Å². The first kappa shape index (κ1) is 14.8. The maximum atomic E-state index is 12.2. The van der Waals surface area contributed by atoms with Gasteiger partial charge in [-0.3, -0.25) is 9.69 Å². The number of halogens is 1. The van der Waals surface area contributed by atoms with E-state index in [1.807, 2.05) is 19.1 Å². The number of hydrogen-bond donors (Lipinski definition) is 2. The minimum atomic E-state index is 0.0357. The Morgan fingerprint density at radius 2 is 2.33 bits per heavy atom. The second kappa shape index (κ2) is 6.34. The molecule has 1 amide bonds. The average Bonchev–Trinajstić information content (AvgIpc) is 2.84. The van der Waals surface area contributed by atoms with Crippen LogP contribution in [-0.2, 0) is 4.79 Å². The number of carbonyl (C=O) groups excluding carboxylic acids is 1. The number of amides is 1. The highest BCUT2D eigenvalue weighted by atomic mass is 35.5. The van der Waals surface area contributed by atoms with E-state index in [2.05, 4.69) is 15.5 Å². The number of rotatable bonds is 3. The van der Waals surface area contributed by atoms with Gasteiger partial charge in [0.2, 0.25) is 5.91 Å². The number of nitrogens with one attached hydrogen (secondary N) is 2. The largest absolute Gasteiger partial charge is 0.325 e. The van der Waals surface area contributed by atoms with Crippen molar-refractivity contribution in [3.05, 3.63) is 28.8 Å². The molecule has 2 aliphatic heterocycles. The summed E-state index contributed by atoms with van der Waals surface area (Å²) in [5.41, 5.74) is 1.79. The van der Waals surface area contributed by atoms with E-state index in [1.165, 1.54) is 12.8 Å². The molecule has 2 aliphatic rings. The van der Waals surface area contributed by atoms with Crippen molar-refractivity contribution in [3.8, 4) is 0 Å². The van der Waals surface area contributed by atoms with E-state index in [4.69, 9.17) is 11.6 Å². The van der Waals surface area contributed by atoms with Crippen LogP contribution in [0.25, 0.3) is 0 Å². The van der Waals surface area contributed by atoms with E-state index in [9.17, 15) is 4.79 Å². The molecular weight excluding hydrogens is 286 g/mol. The van der Waals surface area contributed by atoms with Crippen LogP contribution < -0.4 is 10.6 Å². The van der Waals surface area contributed by atoms with Crippen molar-refractivity contribution in [3.63, 3.8) is 0 Å². The molecule has 1 aromatic rings. The van der Waals surface area contributed by atoms with Crippen molar-refractivity contribution in [2.24, 2.45) is 5.92 Å². The summed E-state index contributed by atoms with van der Waals surface area (Å²) < 4.78 is 0. The Balaban J connectivity index is 1.53. The van der Waals surface area contributed by atoms with Crippen LogP contribution in [0.1, 0.15) is 18.4 Å².